The molecule has 16 atom stereocenters. The van der Waals surface area contributed by atoms with Crippen molar-refractivity contribution in [1.82, 2.24) is 4.90 Å². The van der Waals surface area contributed by atoms with Gasteiger partial charge in [-0.1, -0.05) is 71.9 Å². The van der Waals surface area contributed by atoms with E-state index in [0.717, 1.165) is 18.1 Å². The van der Waals surface area contributed by atoms with Crippen molar-refractivity contribution in [3.8, 4) is 0 Å². The zero-order chi connectivity index (χ0) is 50.4. The second-order valence-corrected chi connectivity index (χ2v) is 23.6. The molecule has 3 aliphatic heterocycles. The molecule has 0 saturated carbocycles. The number of carbonyl (C=O) groups excluding carboxylic acids is 4. The van der Waals surface area contributed by atoms with Gasteiger partial charge in [-0.2, -0.15) is 0 Å². The van der Waals surface area contributed by atoms with E-state index in [1.165, 1.54) is 20.1 Å². The van der Waals surface area contributed by atoms with Crippen LogP contribution in [0, 0.1) is 5.92 Å². The number of methoxy groups -OCH3 is 1. The van der Waals surface area contributed by atoms with Crippen LogP contribution in [0.25, 0.3) is 0 Å². The molecule has 3 heterocycles. The maximum atomic E-state index is 13.6. The van der Waals surface area contributed by atoms with Crippen molar-refractivity contribution in [3.05, 3.63) is 37.0 Å². The highest BCUT2D eigenvalue weighted by Gasteiger charge is 2.56. The van der Waals surface area contributed by atoms with Gasteiger partial charge in [0, 0.05) is 39.7 Å². The van der Waals surface area contributed by atoms with Crippen molar-refractivity contribution in [2.75, 3.05) is 21.2 Å². The van der Waals surface area contributed by atoms with Gasteiger partial charge in [0.1, 0.15) is 41.7 Å². The number of aliphatic hydroxyl groups is 2. The molecule has 17 nitrogen and oxygen atoms in total. The van der Waals surface area contributed by atoms with E-state index < -0.39 is 129 Å². The summed E-state index contributed by atoms with van der Waals surface area (Å²) in [6, 6.07) is 1.85. The molecule has 0 radical (unpaired) electrons. The first-order valence-electron chi connectivity index (χ1n) is 24.1. The minimum atomic E-state index is -2.23. The lowest BCUT2D eigenvalue weighted by Crippen LogP contribution is -2.67. The summed E-state index contributed by atoms with van der Waals surface area (Å²) in [4.78, 5) is 53.9. The zero-order valence-electron chi connectivity index (χ0n) is 42.6. The van der Waals surface area contributed by atoms with Gasteiger partial charge in [-0.3, -0.25) is 19.2 Å². The molecular weight excluding hydrogens is 887 g/mol. The quantitative estimate of drug-likeness (QED) is 0.0734. The Bertz CT molecular complexity index is 1660. The third kappa shape index (κ3) is 15.7. The van der Waals surface area contributed by atoms with Crippen LogP contribution < -0.4 is 0 Å². The molecule has 2 N–H and O–H groups in total. The molecule has 9 unspecified atom stereocenters. The van der Waals surface area contributed by atoms with Gasteiger partial charge in [-0.25, -0.2) is 0 Å². The molecule has 3 aliphatic rings. The first-order valence-corrected chi connectivity index (χ1v) is 26.7. The molecule has 0 amide bonds. The first-order chi connectivity index (χ1) is 31.5. The third-order valence-corrected chi connectivity index (χ3v) is 18.0. The standard InChI is InChI=1S/C49H83NO16Si/c1-16-37(52)62-36-27-39(54)58-31(8)25-23-22-24-26-35(66-67(19-4,20-5)21-6)30(7)28-49(56,18-3)46(43(36)57-15)65-47-44(61-34(11)51)41(50(13)14)42(32(9)60-47)64-40-29-48(12,55)45(33(10)59-40)63-38(53)17-2/h18,22-24,26,30-33,35-36,40-47,55-56H,3,16-17,19-21,25,27-29H2,1-2,4-15H3/t30-,31-,32?,33?,35+,36-,40?,41?,42?,43+,44?,45?,46-,47?,48?,49-/m1/s1. The van der Waals surface area contributed by atoms with Crippen molar-refractivity contribution in [3.63, 3.8) is 0 Å². The van der Waals surface area contributed by atoms with Gasteiger partial charge in [0.15, 0.2) is 33.1 Å². The second kappa shape index (κ2) is 26.2. The molecule has 0 aliphatic carbocycles. The molecule has 0 aromatic carbocycles. The third-order valence-electron chi connectivity index (χ3n) is 13.4. The van der Waals surface area contributed by atoms with Crippen LogP contribution in [0.1, 0.15) is 115 Å². The average molecular weight is 970 g/mol. The van der Waals surface area contributed by atoms with E-state index in [0.29, 0.717) is 6.42 Å². The summed E-state index contributed by atoms with van der Waals surface area (Å²) in [5.41, 5.74) is -3.55. The molecule has 3 rings (SSSR count). The lowest BCUT2D eigenvalue weighted by Gasteiger charge is -2.51. The minimum Gasteiger partial charge on any atom is -0.462 e. The molecule has 0 aromatic heterocycles. The van der Waals surface area contributed by atoms with E-state index in [1.807, 2.05) is 31.2 Å². The Kier molecular flexibility index (Phi) is 22.8. The van der Waals surface area contributed by atoms with Crippen LogP contribution >= 0.6 is 0 Å². The van der Waals surface area contributed by atoms with Crippen molar-refractivity contribution >= 4 is 32.2 Å². The number of esters is 4. The fourth-order valence-corrected chi connectivity index (χ4v) is 12.3. The maximum Gasteiger partial charge on any atom is 0.309 e. The fraction of sp³-hybridized carbons (Fsp3) is 0.796. The van der Waals surface area contributed by atoms with E-state index in [1.54, 1.807) is 60.5 Å². The number of cyclic esters (lactones) is 1. The molecule has 67 heavy (non-hydrogen) atoms. The number of hydrogen-bond acceptors (Lipinski definition) is 17. The summed E-state index contributed by atoms with van der Waals surface area (Å²) in [6.45, 7) is 23.7. The van der Waals surface area contributed by atoms with Crippen LogP contribution in [0.15, 0.2) is 37.0 Å². The highest BCUT2D eigenvalue weighted by Crippen LogP contribution is 2.40. The SMILES string of the molecule is C=C[C@@]1(O)C[C@@H](C)[C@@H](O[Si](CC)(CC)CC)C=CC=CC[C@@H](C)OC(=O)C[C@@H](OC(=O)CC)[C@H](OC)[C@H]1OC1OC(C)C(OC2CC(C)(O)C(OC(=O)CC)C(C)O2)C(N(C)C)C1OC(C)=O. The number of ether oxygens (including phenoxy) is 9. The summed E-state index contributed by atoms with van der Waals surface area (Å²) in [5, 5.41) is 24.7. The largest absolute Gasteiger partial charge is 0.462 e. The molecule has 0 aromatic rings. The number of nitrogens with zero attached hydrogens (tertiary/aromatic N) is 1. The Balaban J connectivity index is 2.23. The highest BCUT2D eigenvalue weighted by molar-refractivity contribution is 6.73. The van der Waals surface area contributed by atoms with Gasteiger partial charge in [-0.05, 0) is 72.3 Å². The molecule has 0 bridgehead atoms. The fourth-order valence-electron chi connectivity index (χ4n) is 9.38. The van der Waals surface area contributed by atoms with Gasteiger partial charge in [0.2, 0.25) is 0 Å². The van der Waals surface area contributed by atoms with Crippen molar-refractivity contribution < 1.29 is 76.4 Å². The van der Waals surface area contributed by atoms with E-state index in [4.69, 9.17) is 47.1 Å². The van der Waals surface area contributed by atoms with Crippen LogP contribution in [0.5, 0.6) is 0 Å². The zero-order valence-corrected chi connectivity index (χ0v) is 43.6. The van der Waals surface area contributed by atoms with Crippen molar-refractivity contribution in [2.45, 2.75) is 224 Å². The smallest absolute Gasteiger partial charge is 0.309 e. The van der Waals surface area contributed by atoms with Crippen molar-refractivity contribution in [1.29, 1.82) is 0 Å². The first kappa shape index (κ1) is 58.3. The second-order valence-electron chi connectivity index (χ2n) is 18.8. The van der Waals surface area contributed by atoms with Gasteiger partial charge >= 0.3 is 23.9 Å². The Hall–Kier alpha value is -3.04. The van der Waals surface area contributed by atoms with Gasteiger partial charge in [-0.15, -0.1) is 6.58 Å². The van der Waals surface area contributed by atoms with Gasteiger partial charge in [0.05, 0.1) is 30.8 Å². The number of hydrogen-bond donors (Lipinski definition) is 2. The lowest BCUT2D eigenvalue weighted by molar-refractivity contribution is -0.349. The van der Waals surface area contributed by atoms with Crippen LogP contribution in [0.2, 0.25) is 18.1 Å². The van der Waals surface area contributed by atoms with Crippen LogP contribution in [0.3, 0.4) is 0 Å². The summed E-state index contributed by atoms with van der Waals surface area (Å²) < 4.78 is 63.0. The molecule has 384 valence electrons. The number of rotatable bonds is 17. The summed E-state index contributed by atoms with van der Waals surface area (Å²) in [5.74, 6) is -2.86. The van der Waals surface area contributed by atoms with E-state index in [9.17, 15) is 29.4 Å². The van der Waals surface area contributed by atoms with Crippen LogP contribution in [-0.4, -0.2) is 159 Å². The molecule has 0 spiro atoms. The predicted octanol–water partition coefficient (Wildman–Crippen LogP) is 6.08. The highest BCUT2D eigenvalue weighted by atomic mass is 28.4. The normalized spacial score (nSPS) is 37.1. The molecular formula is C49H83NO16Si. The van der Waals surface area contributed by atoms with E-state index >= 15 is 0 Å². The number of carbonyl (C=O) groups is 4. The average Bonchev–Trinajstić information content (AvgIpc) is 3.26. The Morgan fingerprint density at radius 2 is 1.49 bits per heavy atom. The molecule has 2 fully saturated rings. The van der Waals surface area contributed by atoms with Gasteiger partial charge in [0.25, 0.3) is 0 Å². The topological polar surface area (TPSA) is 204 Å². The Morgan fingerprint density at radius 3 is 2.03 bits per heavy atom. The van der Waals surface area contributed by atoms with Crippen molar-refractivity contribution in [2.24, 2.45) is 5.92 Å². The minimum absolute atomic E-state index is 0.0215. The number of allylic oxidation sites excluding steroid dienone is 2. The van der Waals surface area contributed by atoms with Crippen LogP contribution in [0.4, 0.5) is 0 Å². The maximum absolute atomic E-state index is 13.6. The summed E-state index contributed by atoms with van der Waals surface area (Å²) >= 11 is 0. The monoisotopic (exact) mass is 970 g/mol. The lowest BCUT2D eigenvalue weighted by atomic mass is 9.80. The summed E-state index contributed by atoms with van der Waals surface area (Å²) in [7, 11) is 2.65. The van der Waals surface area contributed by atoms with E-state index in [-0.39, 0.29) is 31.6 Å². The predicted molar refractivity (Wildman–Crippen MR) is 252 cm³/mol. The van der Waals surface area contributed by atoms with Crippen LogP contribution in [-0.2, 0) is 66.2 Å². The summed E-state index contributed by atoms with van der Waals surface area (Å²) in [6.07, 6.45) is -3.44. The van der Waals surface area contributed by atoms with E-state index in [2.05, 4.69) is 27.4 Å². The number of likely N-dealkylation sites (N-methyl/N-ethyl adjacent to an activating group) is 1. The molecule has 18 heteroatoms. The van der Waals surface area contributed by atoms with Gasteiger partial charge < -0.3 is 62.2 Å². The molecule has 2 saturated heterocycles. The Labute approximate surface area is 400 Å². The Morgan fingerprint density at radius 1 is 0.866 bits per heavy atom.